The molecule has 1 N–H and O–H groups in total. The lowest BCUT2D eigenvalue weighted by molar-refractivity contribution is -0.117. The van der Waals surface area contributed by atoms with E-state index in [1.807, 2.05) is 47.4 Å². The summed E-state index contributed by atoms with van der Waals surface area (Å²) >= 11 is 0. The summed E-state index contributed by atoms with van der Waals surface area (Å²) in [5, 5.41) is 3.24. The lowest BCUT2D eigenvalue weighted by atomic mass is 10.0. The van der Waals surface area contributed by atoms with Crippen LogP contribution in [-0.4, -0.2) is 25.6 Å². The van der Waals surface area contributed by atoms with Crippen LogP contribution < -0.4 is 15.0 Å². The molecule has 0 aliphatic carbocycles. The van der Waals surface area contributed by atoms with Crippen molar-refractivity contribution in [1.29, 1.82) is 0 Å². The standard InChI is InChI=1S/C24H32N2O2/c1-2-3-4-5-8-18-28-22-15-13-21(14-16-22)25-19-24(27)26-17-9-11-20-10-6-7-12-23(20)26/h6-7,10,12-16,25H,2-5,8-9,11,17-19H2,1H3. The monoisotopic (exact) mass is 380 g/mol. The van der Waals surface area contributed by atoms with E-state index < -0.39 is 0 Å². The molecule has 1 aliphatic heterocycles. The molecule has 0 radical (unpaired) electrons. The highest BCUT2D eigenvalue weighted by Gasteiger charge is 2.21. The number of hydrogen-bond acceptors (Lipinski definition) is 3. The Morgan fingerprint density at radius 1 is 1.04 bits per heavy atom. The number of rotatable bonds is 10. The summed E-state index contributed by atoms with van der Waals surface area (Å²) in [5.74, 6) is 0.997. The van der Waals surface area contributed by atoms with Gasteiger partial charge in [-0.05, 0) is 55.2 Å². The van der Waals surface area contributed by atoms with Crippen LogP contribution in [0.15, 0.2) is 48.5 Å². The van der Waals surface area contributed by atoms with Crippen LogP contribution in [0.5, 0.6) is 5.75 Å². The molecule has 1 amide bonds. The van der Waals surface area contributed by atoms with Crippen molar-refractivity contribution in [2.75, 3.05) is 29.9 Å². The fourth-order valence-corrected chi connectivity index (χ4v) is 3.63. The summed E-state index contributed by atoms with van der Waals surface area (Å²) in [7, 11) is 0. The van der Waals surface area contributed by atoms with Crippen molar-refractivity contribution >= 4 is 17.3 Å². The van der Waals surface area contributed by atoms with Crippen LogP contribution in [0.1, 0.15) is 51.0 Å². The Labute approximate surface area is 168 Å². The fraction of sp³-hybridized carbons (Fsp3) is 0.458. The third-order valence-corrected chi connectivity index (χ3v) is 5.23. The number of benzene rings is 2. The number of anilines is 2. The molecule has 0 fully saturated rings. The number of amides is 1. The van der Waals surface area contributed by atoms with Crippen LogP contribution in [0, 0.1) is 0 Å². The van der Waals surface area contributed by atoms with Gasteiger partial charge in [0.2, 0.25) is 5.91 Å². The molecular weight excluding hydrogens is 348 g/mol. The summed E-state index contributed by atoms with van der Waals surface area (Å²) in [6.45, 7) is 4.09. The van der Waals surface area contributed by atoms with E-state index in [9.17, 15) is 4.79 Å². The lowest BCUT2D eigenvalue weighted by Gasteiger charge is -2.29. The molecule has 0 atom stereocenters. The topological polar surface area (TPSA) is 41.6 Å². The van der Waals surface area contributed by atoms with E-state index in [1.165, 1.54) is 31.2 Å². The van der Waals surface area contributed by atoms with E-state index in [2.05, 4.69) is 18.3 Å². The molecule has 0 unspecified atom stereocenters. The lowest BCUT2D eigenvalue weighted by Crippen LogP contribution is -2.39. The van der Waals surface area contributed by atoms with Crippen molar-refractivity contribution < 1.29 is 9.53 Å². The van der Waals surface area contributed by atoms with Crippen molar-refractivity contribution in [3.8, 4) is 5.75 Å². The van der Waals surface area contributed by atoms with Crippen LogP contribution in [0.4, 0.5) is 11.4 Å². The molecular formula is C24H32N2O2. The van der Waals surface area contributed by atoms with Gasteiger partial charge in [-0.25, -0.2) is 0 Å². The third kappa shape index (κ3) is 5.75. The molecule has 28 heavy (non-hydrogen) atoms. The van der Waals surface area contributed by atoms with Gasteiger partial charge in [-0.3, -0.25) is 4.79 Å². The number of ether oxygens (including phenoxy) is 1. The van der Waals surface area contributed by atoms with Gasteiger partial charge in [-0.2, -0.15) is 0 Å². The van der Waals surface area contributed by atoms with Gasteiger partial charge in [0, 0.05) is 17.9 Å². The summed E-state index contributed by atoms with van der Waals surface area (Å²) in [4.78, 5) is 14.6. The largest absolute Gasteiger partial charge is 0.494 e. The van der Waals surface area contributed by atoms with Crippen LogP contribution in [-0.2, 0) is 11.2 Å². The second kappa shape index (κ2) is 10.7. The zero-order chi connectivity index (χ0) is 19.6. The van der Waals surface area contributed by atoms with Crippen LogP contribution in [0.2, 0.25) is 0 Å². The molecule has 2 aromatic rings. The molecule has 1 heterocycles. The number of nitrogens with one attached hydrogen (secondary N) is 1. The minimum atomic E-state index is 0.111. The van der Waals surface area contributed by atoms with E-state index in [0.29, 0.717) is 6.54 Å². The maximum Gasteiger partial charge on any atom is 0.246 e. The zero-order valence-corrected chi connectivity index (χ0v) is 17.0. The number of carbonyl (C=O) groups is 1. The Morgan fingerprint density at radius 2 is 1.82 bits per heavy atom. The number of fused-ring (bicyclic) bond motifs is 1. The minimum Gasteiger partial charge on any atom is -0.494 e. The van der Waals surface area contributed by atoms with E-state index >= 15 is 0 Å². The van der Waals surface area contributed by atoms with E-state index in [1.54, 1.807) is 0 Å². The summed E-state index contributed by atoms with van der Waals surface area (Å²) in [6.07, 6.45) is 8.27. The molecule has 2 aromatic carbocycles. The van der Waals surface area contributed by atoms with Gasteiger partial charge >= 0.3 is 0 Å². The summed E-state index contributed by atoms with van der Waals surface area (Å²) in [5.41, 5.74) is 3.26. The van der Waals surface area contributed by atoms with Gasteiger partial charge in [-0.1, -0.05) is 50.8 Å². The highest BCUT2D eigenvalue weighted by Crippen LogP contribution is 2.26. The highest BCUT2D eigenvalue weighted by atomic mass is 16.5. The van der Waals surface area contributed by atoms with Gasteiger partial charge in [-0.15, -0.1) is 0 Å². The molecule has 0 saturated carbocycles. The Balaban J connectivity index is 1.43. The second-order valence-electron chi connectivity index (χ2n) is 7.42. The normalized spacial score (nSPS) is 13.1. The van der Waals surface area contributed by atoms with Crippen molar-refractivity contribution in [2.24, 2.45) is 0 Å². The number of unbranched alkanes of at least 4 members (excludes halogenated alkanes) is 4. The first-order valence-corrected chi connectivity index (χ1v) is 10.6. The first-order chi connectivity index (χ1) is 13.8. The van der Waals surface area contributed by atoms with Crippen molar-refractivity contribution in [1.82, 2.24) is 0 Å². The van der Waals surface area contributed by atoms with Crippen LogP contribution >= 0.6 is 0 Å². The average molecular weight is 381 g/mol. The van der Waals surface area contributed by atoms with Crippen molar-refractivity contribution in [3.05, 3.63) is 54.1 Å². The number of nitrogens with zero attached hydrogens (tertiary/aromatic N) is 1. The number of para-hydroxylation sites is 1. The predicted octanol–water partition coefficient (Wildman–Crippen LogP) is 5.43. The number of aryl methyl sites for hydroxylation is 1. The molecule has 0 aromatic heterocycles. The van der Waals surface area contributed by atoms with Crippen LogP contribution in [0.3, 0.4) is 0 Å². The fourth-order valence-electron chi connectivity index (χ4n) is 3.63. The highest BCUT2D eigenvalue weighted by molar-refractivity contribution is 5.97. The smallest absolute Gasteiger partial charge is 0.246 e. The van der Waals surface area contributed by atoms with Gasteiger partial charge < -0.3 is 15.0 Å². The van der Waals surface area contributed by atoms with Gasteiger partial charge in [0.1, 0.15) is 5.75 Å². The minimum absolute atomic E-state index is 0.111. The van der Waals surface area contributed by atoms with E-state index in [4.69, 9.17) is 4.74 Å². The maximum absolute atomic E-state index is 12.7. The second-order valence-corrected chi connectivity index (χ2v) is 7.42. The molecule has 0 spiro atoms. The SMILES string of the molecule is CCCCCCCOc1ccc(NCC(=O)N2CCCc3ccccc32)cc1. The first-order valence-electron chi connectivity index (χ1n) is 10.6. The molecule has 3 rings (SSSR count). The Kier molecular flexibility index (Phi) is 7.77. The van der Waals surface area contributed by atoms with Crippen molar-refractivity contribution in [2.45, 2.75) is 51.9 Å². The third-order valence-electron chi connectivity index (χ3n) is 5.23. The van der Waals surface area contributed by atoms with Gasteiger partial charge in [0.25, 0.3) is 0 Å². The zero-order valence-electron chi connectivity index (χ0n) is 17.0. The maximum atomic E-state index is 12.7. The molecule has 0 bridgehead atoms. The Morgan fingerprint density at radius 3 is 2.64 bits per heavy atom. The number of hydrogen-bond donors (Lipinski definition) is 1. The quantitative estimate of drug-likeness (QED) is 0.559. The van der Waals surface area contributed by atoms with Crippen LogP contribution in [0.25, 0.3) is 0 Å². The van der Waals surface area contributed by atoms with Gasteiger partial charge in [0.15, 0.2) is 0 Å². The van der Waals surface area contributed by atoms with E-state index in [0.717, 1.165) is 49.5 Å². The summed E-state index contributed by atoms with van der Waals surface area (Å²) < 4.78 is 5.80. The van der Waals surface area contributed by atoms with Gasteiger partial charge in [0.05, 0.1) is 13.2 Å². The molecule has 0 saturated heterocycles. The predicted molar refractivity (Wildman–Crippen MR) is 116 cm³/mol. The molecule has 150 valence electrons. The molecule has 4 nitrogen and oxygen atoms in total. The number of carbonyl (C=O) groups excluding carboxylic acids is 1. The summed E-state index contributed by atoms with van der Waals surface area (Å²) in [6, 6.07) is 16.1. The van der Waals surface area contributed by atoms with E-state index in [-0.39, 0.29) is 5.91 Å². The molecule has 1 aliphatic rings. The Bertz CT molecular complexity index is 743. The average Bonchev–Trinajstić information content (AvgIpc) is 2.75. The Hall–Kier alpha value is -2.49. The molecule has 4 heteroatoms. The van der Waals surface area contributed by atoms with Crippen molar-refractivity contribution in [3.63, 3.8) is 0 Å². The first kappa shape index (κ1) is 20.2.